The molecule has 1 aromatic carbocycles. The Balaban J connectivity index is 1.38. The molecule has 1 saturated heterocycles. The van der Waals surface area contributed by atoms with Gasteiger partial charge in [-0.15, -0.1) is 11.3 Å². The van der Waals surface area contributed by atoms with E-state index in [1.54, 1.807) is 18.3 Å². The zero-order valence-corrected chi connectivity index (χ0v) is 18.5. The lowest BCUT2D eigenvalue weighted by Gasteiger charge is -2.39. The first-order chi connectivity index (χ1) is 15.0. The van der Waals surface area contributed by atoms with Gasteiger partial charge >= 0.3 is 0 Å². The van der Waals surface area contributed by atoms with Gasteiger partial charge in [-0.3, -0.25) is 4.79 Å². The number of benzene rings is 1. The van der Waals surface area contributed by atoms with Crippen LogP contribution in [0.1, 0.15) is 17.8 Å². The lowest BCUT2D eigenvalue weighted by molar-refractivity contribution is -0.134. The highest BCUT2D eigenvalue weighted by Gasteiger charge is 2.41. The van der Waals surface area contributed by atoms with E-state index in [9.17, 15) is 9.18 Å². The number of thiophene rings is 1. The average molecular weight is 458 g/mol. The molecule has 2 unspecified atom stereocenters. The Morgan fingerprint density at radius 3 is 2.52 bits per heavy atom. The molecular weight excluding hydrogens is 437 g/mol. The molecule has 0 N–H and O–H groups in total. The fourth-order valence-electron chi connectivity index (χ4n) is 4.35. The van der Waals surface area contributed by atoms with E-state index in [1.807, 2.05) is 34.7 Å². The summed E-state index contributed by atoms with van der Waals surface area (Å²) in [4.78, 5) is 23.4. The standard InChI is InChI=1S/C22H21ClFN5OS/c1-14-20(21(17-6-7-18(23)31-17)29-19(26-14)8-9-25-29)22(30)28-12-10-27(11-13-28)16-4-2-15(24)3-5-16/h2-9,20-21H,10-13H2,1H3. The molecule has 2 aliphatic rings. The smallest absolute Gasteiger partial charge is 0.234 e. The van der Waals surface area contributed by atoms with Crippen molar-refractivity contribution in [2.75, 3.05) is 31.1 Å². The molecule has 0 saturated carbocycles. The van der Waals surface area contributed by atoms with Crippen LogP contribution < -0.4 is 4.90 Å². The SMILES string of the molecule is CC1=Nc2ccnn2C(c2ccc(Cl)s2)C1C(=O)N1CCN(c2ccc(F)cc2)CC1. The van der Waals surface area contributed by atoms with Crippen molar-refractivity contribution in [1.29, 1.82) is 0 Å². The molecule has 2 aliphatic heterocycles. The van der Waals surface area contributed by atoms with Gasteiger partial charge in [-0.1, -0.05) is 11.6 Å². The lowest BCUT2D eigenvalue weighted by Crippen LogP contribution is -2.53. The topological polar surface area (TPSA) is 53.7 Å². The lowest BCUT2D eigenvalue weighted by atomic mass is 9.90. The number of hydrogen-bond acceptors (Lipinski definition) is 5. The van der Waals surface area contributed by atoms with Crippen LogP contribution in [0.2, 0.25) is 4.34 Å². The van der Waals surface area contributed by atoms with Crippen LogP contribution in [0.3, 0.4) is 0 Å². The highest BCUT2D eigenvalue weighted by molar-refractivity contribution is 7.16. The molecule has 31 heavy (non-hydrogen) atoms. The molecule has 0 aliphatic carbocycles. The molecule has 1 fully saturated rings. The van der Waals surface area contributed by atoms with Crippen molar-refractivity contribution in [1.82, 2.24) is 14.7 Å². The largest absolute Gasteiger partial charge is 0.368 e. The molecule has 4 heterocycles. The second-order valence-electron chi connectivity index (χ2n) is 7.74. The van der Waals surface area contributed by atoms with Gasteiger partial charge in [-0.2, -0.15) is 5.10 Å². The summed E-state index contributed by atoms with van der Waals surface area (Å²) in [5.74, 6) is 0.120. The fourth-order valence-corrected chi connectivity index (χ4v) is 5.53. The number of rotatable bonds is 3. The normalized spacial score (nSPS) is 21.1. The second kappa shape index (κ2) is 8.09. The van der Waals surface area contributed by atoms with Gasteiger partial charge in [0.05, 0.1) is 10.5 Å². The van der Waals surface area contributed by atoms with Gasteiger partial charge in [0.1, 0.15) is 17.8 Å². The van der Waals surface area contributed by atoms with E-state index in [0.29, 0.717) is 30.5 Å². The highest BCUT2D eigenvalue weighted by atomic mass is 35.5. The summed E-state index contributed by atoms with van der Waals surface area (Å²) in [7, 11) is 0. The summed E-state index contributed by atoms with van der Waals surface area (Å²) >= 11 is 7.68. The maximum Gasteiger partial charge on any atom is 0.234 e. The molecule has 2 aromatic heterocycles. The number of carbonyl (C=O) groups is 1. The number of fused-ring (bicyclic) bond motifs is 1. The van der Waals surface area contributed by atoms with E-state index in [2.05, 4.69) is 15.0 Å². The van der Waals surface area contributed by atoms with Crippen LogP contribution in [0.5, 0.6) is 0 Å². The third-order valence-corrected chi connectivity index (χ3v) is 7.21. The first-order valence-corrected chi connectivity index (χ1v) is 11.3. The Morgan fingerprint density at radius 2 is 1.84 bits per heavy atom. The minimum Gasteiger partial charge on any atom is -0.368 e. The van der Waals surface area contributed by atoms with Gasteiger partial charge in [-0.05, 0) is 43.3 Å². The molecular formula is C22H21ClFN5OS. The van der Waals surface area contributed by atoms with Crippen LogP contribution in [0.15, 0.2) is 53.7 Å². The summed E-state index contributed by atoms with van der Waals surface area (Å²) in [5.41, 5.74) is 1.75. The third-order valence-electron chi connectivity index (χ3n) is 5.90. The van der Waals surface area contributed by atoms with E-state index in [0.717, 1.165) is 22.1 Å². The molecule has 1 amide bonds. The van der Waals surface area contributed by atoms with E-state index in [-0.39, 0.29) is 17.8 Å². The molecule has 6 nitrogen and oxygen atoms in total. The van der Waals surface area contributed by atoms with Crippen molar-refractivity contribution < 1.29 is 9.18 Å². The van der Waals surface area contributed by atoms with Crippen molar-refractivity contribution in [3.05, 3.63) is 63.7 Å². The van der Waals surface area contributed by atoms with Crippen LogP contribution in [-0.2, 0) is 4.79 Å². The number of amides is 1. The second-order valence-corrected chi connectivity index (χ2v) is 9.49. The average Bonchev–Trinajstić information content (AvgIpc) is 3.41. The maximum absolute atomic E-state index is 13.7. The number of nitrogens with zero attached hydrogens (tertiary/aromatic N) is 5. The summed E-state index contributed by atoms with van der Waals surface area (Å²) < 4.78 is 15.7. The fraction of sp³-hybridized carbons (Fsp3) is 0.318. The minimum absolute atomic E-state index is 0.0516. The van der Waals surface area contributed by atoms with Crippen molar-refractivity contribution in [3.8, 4) is 0 Å². The van der Waals surface area contributed by atoms with Gasteiger partial charge in [0.2, 0.25) is 5.91 Å². The predicted octanol–water partition coefficient (Wildman–Crippen LogP) is 4.40. The summed E-state index contributed by atoms with van der Waals surface area (Å²) in [6, 6.07) is 11.9. The maximum atomic E-state index is 13.7. The Morgan fingerprint density at radius 1 is 1.10 bits per heavy atom. The van der Waals surface area contributed by atoms with Crippen LogP contribution in [0.25, 0.3) is 0 Å². The zero-order chi connectivity index (χ0) is 21.5. The van der Waals surface area contributed by atoms with Crippen molar-refractivity contribution >= 4 is 46.1 Å². The van der Waals surface area contributed by atoms with Crippen molar-refractivity contribution in [2.45, 2.75) is 13.0 Å². The van der Waals surface area contributed by atoms with Gasteiger partial charge in [0.25, 0.3) is 0 Å². The minimum atomic E-state index is -0.431. The van der Waals surface area contributed by atoms with Crippen LogP contribution >= 0.6 is 22.9 Å². The Bertz CT molecular complexity index is 1130. The first kappa shape index (κ1) is 20.2. The molecule has 5 rings (SSSR count). The molecule has 2 atom stereocenters. The van der Waals surface area contributed by atoms with Crippen molar-refractivity contribution in [2.24, 2.45) is 10.9 Å². The molecule has 0 radical (unpaired) electrons. The van der Waals surface area contributed by atoms with E-state index >= 15 is 0 Å². The number of piperazine rings is 1. The number of halogens is 2. The number of hydrogen-bond donors (Lipinski definition) is 0. The van der Waals surface area contributed by atoms with Gasteiger partial charge in [-0.25, -0.2) is 14.1 Å². The highest BCUT2D eigenvalue weighted by Crippen LogP contribution is 2.40. The van der Waals surface area contributed by atoms with E-state index < -0.39 is 5.92 Å². The Kier molecular flexibility index (Phi) is 5.27. The summed E-state index contributed by atoms with van der Waals surface area (Å²) in [6.45, 7) is 4.51. The molecule has 0 spiro atoms. The quantitative estimate of drug-likeness (QED) is 0.585. The monoisotopic (exact) mass is 457 g/mol. The van der Waals surface area contributed by atoms with Crippen molar-refractivity contribution in [3.63, 3.8) is 0 Å². The number of aliphatic imine (C=N–C) groups is 1. The van der Waals surface area contributed by atoms with Gasteiger partial charge in [0.15, 0.2) is 5.82 Å². The first-order valence-electron chi connectivity index (χ1n) is 10.1. The van der Waals surface area contributed by atoms with Crippen LogP contribution in [-0.4, -0.2) is 52.5 Å². The Hall–Kier alpha value is -2.71. The third kappa shape index (κ3) is 3.74. The number of aromatic nitrogens is 2. The molecule has 0 bridgehead atoms. The van der Waals surface area contributed by atoms with E-state index in [1.165, 1.54) is 23.5 Å². The summed E-state index contributed by atoms with van der Waals surface area (Å²) in [5, 5.41) is 4.46. The van der Waals surface area contributed by atoms with Gasteiger partial charge < -0.3 is 9.80 Å². The zero-order valence-electron chi connectivity index (χ0n) is 16.9. The molecule has 160 valence electrons. The predicted molar refractivity (Wildman–Crippen MR) is 121 cm³/mol. The molecule has 9 heteroatoms. The van der Waals surface area contributed by atoms with E-state index in [4.69, 9.17) is 11.6 Å². The summed E-state index contributed by atoms with van der Waals surface area (Å²) in [6.07, 6.45) is 1.71. The van der Waals surface area contributed by atoms with Crippen LogP contribution in [0.4, 0.5) is 15.9 Å². The number of anilines is 1. The van der Waals surface area contributed by atoms with Gasteiger partial charge in [0, 0.05) is 48.5 Å². The Labute approximate surface area is 188 Å². The number of carbonyl (C=O) groups excluding carboxylic acids is 1. The van der Waals surface area contributed by atoms with Crippen LogP contribution in [0, 0.1) is 11.7 Å². The molecule has 3 aromatic rings.